The van der Waals surface area contributed by atoms with Gasteiger partial charge in [-0.3, -0.25) is 0 Å². The number of fused-ring (bicyclic) bond motifs is 9. The van der Waals surface area contributed by atoms with E-state index in [2.05, 4.69) is 150 Å². The molecule has 0 spiro atoms. The Morgan fingerprint density at radius 3 is 1.63 bits per heavy atom. The summed E-state index contributed by atoms with van der Waals surface area (Å²) in [4.78, 5) is 15.2. The Hall–Kier alpha value is -6.99. The zero-order chi connectivity index (χ0) is 37.5. The van der Waals surface area contributed by atoms with Gasteiger partial charge >= 0.3 is 0 Å². The normalized spacial score (nSPS) is 11.9. The van der Waals surface area contributed by atoms with Gasteiger partial charge in [0, 0.05) is 63.1 Å². The third-order valence-corrected chi connectivity index (χ3v) is 13.5. The van der Waals surface area contributed by atoms with E-state index in [4.69, 9.17) is 15.0 Å². The second-order valence-electron chi connectivity index (χ2n) is 14.3. The molecule has 12 aromatic rings. The van der Waals surface area contributed by atoms with Crippen LogP contribution in [-0.4, -0.2) is 19.5 Å². The molecule has 0 aliphatic heterocycles. The van der Waals surface area contributed by atoms with E-state index in [1.807, 2.05) is 59.1 Å². The number of para-hydroxylation sites is 2. The van der Waals surface area contributed by atoms with E-state index in [9.17, 15) is 0 Å². The van der Waals surface area contributed by atoms with Crippen molar-refractivity contribution >= 4 is 84.8 Å². The largest absolute Gasteiger partial charge is 0.308 e. The van der Waals surface area contributed by atoms with Crippen LogP contribution in [0.25, 0.3) is 113 Å². The summed E-state index contributed by atoms with van der Waals surface area (Å²) in [6.45, 7) is 0. The molecule has 266 valence electrons. The molecular formula is C51H30N4S2. The lowest BCUT2D eigenvalue weighted by molar-refractivity contribution is 1.08. The fraction of sp³-hybridized carbons (Fsp3) is 0. The highest BCUT2D eigenvalue weighted by atomic mass is 32.1. The van der Waals surface area contributed by atoms with E-state index in [1.54, 1.807) is 0 Å². The van der Waals surface area contributed by atoms with Crippen molar-refractivity contribution in [3.05, 3.63) is 182 Å². The Morgan fingerprint density at radius 2 is 0.912 bits per heavy atom. The molecule has 0 aliphatic rings. The summed E-state index contributed by atoms with van der Waals surface area (Å²) in [6, 6.07) is 64.8. The van der Waals surface area contributed by atoms with Gasteiger partial charge in [0.25, 0.3) is 0 Å². The number of nitrogens with zero attached hydrogens (tertiary/aromatic N) is 4. The monoisotopic (exact) mass is 762 g/mol. The molecule has 0 aliphatic carbocycles. The van der Waals surface area contributed by atoms with Crippen LogP contribution in [0.3, 0.4) is 0 Å². The molecule has 0 fully saturated rings. The maximum absolute atomic E-state index is 5.11. The van der Waals surface area contributed by atoms with Crippen LogP contribution in [0.2, 0.25) is 0 Å². The minimum Gasteiger partial charge on any atom is -0.308 e. The van der Waals surface area contributed by atoms with Gasteiger partial charge in [0.05, 0.1) is 21.4 Å². The molecule has 0 N–H and O–H groups in total. The maximum atomic E-state index is 5.11. The molecule has 57 heavy (non-hydrogen) atoms. The predicted octanol–water partition coefficient (Wildman–Crippen LogP) is 14.4. The standard InChI is InChI=1S/C51H30N4S2/c1-3-14-31(15-4-1)49-52-50(32-16-5-2-6-17-32)54-51(53-49)40-23-13-27-44-46(40)39-22-11-20-34(47(39)56-44)33-28-29-37-38-21-12-26-43(48(38)57-45(37)30-33)55-41-24-9-7-18-35(41)36-19-8-10-25-42(36)55/h1-30H. The lowest BCUT2D eigenvalue weighted by Crippen LogP contribution is -2.00. The third-order valence-electron chi connectivity index (χ3n) is 11.1. The molecule has 0 bridgehead atoms. The van der Waals surface area contributed by atoms with Crippen LogP contribution >= 0.6 is 22.7 Å². The van der Waals surface area contributed by atoms with E-state index in [-0.39, 0.29) is 0 Å². The van der Waals surface area contributed by atoms with Crippen LogP contribution < -0.4 is 0 Å². The van der Waals surface area contributed by atoms with Gasteiger partial charge in [0.2, 0.25) is 0 Å². The molecule has 12 rings (SSSR count). The van der Waals surface area contributed by atoms with Gasteiger partial charge in [-0.1, -0.05) is 152 Å². The van der Waals surface area contributed by atoms with E-state index in [0.717, 1.165) is 16.7 Å². The lowest BCUT2D eigenvalue weighted by atomic mass is 9.99. The van der Waals surface area contributed by atoms with E-state index in [0.29, 0.717) is 17.5 Å². The first kappa shape index (κ1) is 32.3. The summed E-state index contributed by atoms with van der Waals surface area (Å²) in [5.74, 6) is 1.99. The average Bonchev–Trinajstić information content (AvgIpc) is 3.96. The van der Waals surface area contributed by atoms with Crippen LogP contribution in [0, 0.1) is 0 Å². The Bertz CT molecular complexity index is 3410. The van der Waals surface area contributed by atoms with Gasteiger partial charge in [0.1, 0.15) is 0 Å². The fourth-order valence-electron chi connectivity index (χ4n) is 8.50. The van der Waals surface area contributed by atoms with Crippen LogP contribution in [0.15, 0.2) is 182 Å². The zero-order valence-corrected chi connectivity index (χ0v) is 32.1. The van der Waals surface area contributed by atoms with Gasteiger partial charge in [-0.2, -0.15) is 0 Å². The summed E-state index contributed by atoms with van der Waals surface area (Å²) in [7, 11) is 0. The number of thiophene rings is 2. The molecule has 8 aromatic carbocycles. The van der Waals surface area contributed by atoms with Gasteiger partial charge in [-0.05, 0) is 41.5 Å². The van der Waals surface area contributed by atoms with Crippen LogP contribution in [0.1, 0.15) is 0 Å². The van der Waals surface area contributed by atoms with Crippen molar-refractivity contribution in [2.75, 3.05) is 0 Å². The molecular weight excluding hydrogens is 733 g/mol. The summed E-state index contributed by atoms with van der Waals surface area (Å²) >= 11 is 3.72. The minimum absolute atomic E-state index is 0.662. The van der Waals surface area contributed by atoms with E-state index in [1.165, 1.54) is 79.0 Å². The van der Waals surface area contributed by atoms with Crippen molar-refractivity contribution < 1.29 is 0 Å². The minimum atomic E-state index is 0.662. The Morgan fingerprint density at radius 1 is 0.351 bits per heavy atom. The first-order valence-electron chi connectivity index (χ1n) is 19.0. The molecule has 4 heterocycles. The molecule has 0 atom stereocenters. The smallest absolute Gasteiger partial charge is 0.164 e. The Kier molecular flexibility index (Phi) is 7.24. The average molecular weight is 763 g/mol. The second-order valence-corrected chi connectivity index (χ2v) is 16.4. The maximum Gasteiger partial charge on any atom is 0.164 e. The topological polar surface area (TPSA) is 43.6 Å². The van der Waals surface area contributed by atoms with Gasteiger partial charge in [-0.15, -0.1) is 22.7 Å². The number of aromatic nitrogens is 4. The van der Waals surface area contributed by atoms with E-state index >= 15 is 0 Å². The summed E-state index contributed by atoms with van der Waals surface area (Å²) < 4.78 is 7.48. The third kappa shape index (κ3) is 5.08. The van der Waals surface area contributed by atoms with Crippen molar-refractivity contribution in [3.63, 3.8) is 0 Å². The molecule has 0 amide bonds. The second kappa shape index (κ2) is 12.8. The Balaban J connectivity index is 1.03. The van der Waals surface area contributed by atoms with Crippen molar-refractivity contribution in [3.8, 4) is 51.0 Å². The first-order valence-corrected chi connectivity index (χ1v) is 20.7. The quantitative estimate of drug-likeness (QED) is 0.175. The van der Waals surface area contributed by atoms with Crippen LogP contribution in [0.5, 0.6) is 0 Å². The summed E-state index contributed by atoms with van der Waals surface area (Å²) in [5, 5.41) is 7.49. The van der Waals surface area contributed by atoms with Gasteiger partial charge in [-0.25, -0.2) is 15.0 Å². The highest BCUT2D eigenvalue weighted by Crippen LogP contribution is 2.46. The SMILES string of the molecule is c1ccc(-c2nc(-c3ccccc3)nc(-c3cccc4sc5c(-c6ccc7c(c6)sc6c(-n8c9ccccc9c9ccccc98)cccc67)cccc5c34)n2)cc1. The molecule has 6 heteroatoms. The number of hydrogen-bond donors (Lipinski definition) is 0. The van der Waals surface area contributed by atoms with E-state index < -0.39 is 0 Å². The number of benzene rings is 8. The van der Waals surface area contributed by atoms with Crippen LogP contribution in [-0.2, 0) is 0 Å². The number of hydrogen-bond acceptors (Lipinski definition) is 5. The molecule has 0 unspecified atom stereocenters. The molecule has 0 saturated carbocycles. The molecule has 0 saturated heterocycles. The van der Waals surface area contributed by atoms with Crippen molar-refractivity contribution in [2.24, 2.45) is 0 Å². The van der Waals surface area contributed by atoms with Crippen molar-refractivity contribution in [2.45, 2.75) is 0 Å². The summed E-state index contributed by atoms with van der Waals surface area (Å²) in [5.41, 5.74) is 9.04. The van der Waals surface area contributed by atoms with Gasteiger partial charge in [0.15, 0.2) is 17.5 Å². The van der Waals surface area contributed by atoms with Gasteiger partial charge < -0.3 is 4.57 Å². The number of rotatable bonds is 5. The zero-order valence-electron chi connectivity index (χ0n) is 30.4. The molecule has 4 nitrogen and oxygen atoms in total. The predicted molar refractivity (Wildman–Crippen MR) is 242 cm³/mol. The Labute approximate surface area is 335 Å². The molecule has 4 aromatic heterocycles. The lowest BCUT2D eigenvalue weighted by Gasteiger charge is -2.09. The van der Waals surface area contributed by atoms with Crippen molar-refractivity contribution in [1.29, 1.82) is 0 Å². The molecule has 0 radical (unpaired) electrons. The first-order chi connectivity index (χ1) is 28.3. The fourth-order valence-corrected chi connectivity index (χ4v) is 11.0. The highest BCUT2D eigenvalue weighted by Gasteiger charge is 2.20. The van der Waals surface area contributed by atoms with Crippen LogP contribution in [0.4, 0.5) is 0 Å². The summed E-state index contributed by atoms with van der Waals surface area (Å²) in [6.07, 6.45) is 0. The highest BCUT2D eigenvalue weighted by molar-refractivity contribution is 7.27. The van der Waals surface area contributed by atoms with Crippen molar-refractivity contribution in [1.82, 2.24) is 19.5 Å².